The Balaban J connectivity index is 1.67. The number of aliphatic imine (C=N–C) groups is 1. The second-order valence-corrected chi connectivity index (χ2v) is 10.1. The minimum absolute atomic E-state index is 0.0285. The highest BCUT2D eigenvalue weighted by Gasteiger charge is 2.42. The number of hydrogen-bond donors (Lipinski definition) is 2. The highest BCUT2D eigenvalue weighted by molar-refractivity contribution is 7.91. The van der Waals surface area contributed by atoms with Crippen LogP contribution in [0.25, 0.3) is 0 Å². The molecular weight excluding hydrogens is 340 g/mol. The molecule has 0 saturated carbocycles. The minimum Gasteiger partial charge on any atom is -0.356 e. The molecular formula is C17H30N4O3S. The molecule has 0 bridgehead atoms. The molecule has 1 amide bonds. The van der Waals surface area contributed by atoms with Crippen molar-refractivity contribution in [3.05, 3.63) is 0 Å². The Bertz CT molecular complexity index is 634. The van der Waals surface area contributed by atoms with E-state index in [2.05, 4.69) is 22.5 Å². The summed E-state index contributed by atoms with van der Waals surface area (Å²) in [7, 11) is -2.86. The van der Waals surface area contributed by atoms with Crippen LogP contribution in [0.4, 0.5) is 0 Å². The first kappa shape index (κ1) is 18.5. The summed E-state index contributed by atoms with van der Waals surface area (Å²) in [6.45, 7) is 6.06. The Morgan fingerprint density at radius 2 is 2.32 bits per heavy atom. The van der Waals surface area contributed by atoms with Gasteiger partial charge in [-0.2, -0.15) is 0 Å². The smallest absolute Gasteiger partial charge is 0.220 e. The lowest BCUT2D eigenvalue weighted by molar-refractivity contribution is -0.119. The van der Waals surface area contributed by atoms with Crippen LogP contribution in [-0.4, -0.2) is 69.4 Å². The Labute approximate surface area is 150 Å². The summed E-state index contributed by atoms with van der Waals surface area (Å²) in [6, 6.07) is 0. The number of hydrogen-bond acceptors (Lipinski definition) is 4. The first-order valence-electron chi connectivity index (χ1n) is 9.42. The van der Waals surface area contributed by atoms with Crippen LogP contribution >= 0.6 is 0 Å². The number of guanidine groups is 1. The van der Waals surface area contributed by atoms with E-state index in [4.69, 9.17) is 4.99 Å². The van der Waals surface area contributed by atoms with E-state index in [0.717, 1.165) is 57.8 Å². The lowest BCUT2D eigenvalue weighted by Gasteiger charge is -2.41. The predicted molar refractivity (Wildman–Crippen MR) is 98.2 cm³/mol. The van der Waals surface area contributed by atoms with Crippen LogP contribution in [0.15, 0.2) is 4.99 Å². The van der Waals surface area contributed by atoms with E-state index >= 15 is 0 Å². The van der Waals surface area contributed by atoms with Crippen molar-refractivity contribution < 1.29 is 13.2 Å². The molecule has 3 rings (SSSR count). The van der Waals surface area contributed by atoms with Gasteiger partial charge in [-0.15, -0.1) is 0 Å². The lowest BCUT2D eigenvalue weighted by atomic mass is 9.79. The van der Waals surface area contributed by atoms with Gasteiger partial charge in [-0.3, -0.25) is 9.79 Å². The van der Waals surface area contributed by atoms with Crippen LogP contribution in [0, 0.1) is 11.3 Å². The van der Waals surface area contributed by atoms with Gasteiger partial charge in [-0.05, 0) is 31.6 Å². The summed E-state index contributed by atoms with van der Waals surface area (Å²) in [5, 5.41) is 6.40. The van der Waals surface area contributed by atoms with Crippen molar-refractivity contribution in [3.63, 3.8) is 0 Å². The predicted octanol–water partition coefficient (Wildman–Crippen LogP) is 0.379. The fraction of sp³-hybridized carbons (Fsp3) is 0.882. The van der Waals surface area contributed by atoms with E-state index in [9.17, 15) is 13.2 Å². The Morgan fingerprint density at radius 1 is 1.48 bits per heavy atom. The van der Waals surface area contributed by atoms with E-state index in [1.807, 2.05) is 0 Å². The molecule has 0 radical (unpaired) electrons. The van der Waals surface area contributed by atoms with Gasteiger partial charge in [-0.1, -0.05) is 6.92 Å². The molecule has 8 heteroatoms. The number of nitrogens with zero attached hydrogens (tertiary/aromatic N) is 2. The van der Waals surface area contributed by atoms with Crippen LogP contribution < -0.4 is 10.6 Å². The molecule has 3 aliphatic rings. The van der Waals surface area contributed by atoms with Crippen molar-refractivity contribution in [2.24, 2.45) is 16.3 Å². The first-order chi connectivity index (χ1) is 11.9. The van der Waals surface area contributed by atoms with Gasteiger partial charge >= 0.3 is 0 Å². The number of piperidine rings is 1. The zero-order valence-electron chi connectivity index (χ0n) is 15.1. The van der Waals surface area contributed by atoms with Gasteiger partial charge in [0.05, 0.1) is 11.5 Å². The summed E-state index contributed by atoms with van der Waals surface area (Å²) in [5.41, 5.74) is 0.0285. The second-order valence-electron chi connectivity index (χ2n) is 7.84. The van der Waals surface area contributed by atoms with Crippen molar-refractivity contribution in [2.75, 3.05) is 44.2 Å². The monoisotopic (exact) mass is 370 g/mol. The fourth-order valence-electron chi connectivity index (χ4n) is 4.17. The van der Waals surface area contributed by atoms with Crippen LogP contribution in [0.2, 0.25) is 0 Å². The average molecular weight is 371 g/mol. The zero-order valence-corrected chi connectivity index (χ0v) is 15.9. The van der Waals surface area contributed by atoms with E-state index in [0.29, 0.717) is 18.7 Å². The van der Waals surface area contributed by atoms with Crippen molar-refractivity contribution in [3.8, 4) is 0 Å². The normalized spacial score (nSPS) is 32.2. The van der Waals surface area contributed by atoms with Gasteiger partial charge in [0.15, 0.2) is 15.8 Å². The highest BCUT2D eigenvalue weighted by atomic mass is 32.2. The van der Waals surface area contributed by atoms with E-state index < -0.39 is 9.84 Å². The Morgan fingerprint density at radius 3 is 2.96 bits per heavy atom. The summed E-state index contributed by atoms with van der Waals surface area (Å²) in [6.07, 6.45) is 4.46. The second kappa shape index (κ2) is 7.51. The van der Waals surface area contributed by atoms with E-state index in [-0.39, 0.29) is 23.0 Å². The molecule has 3 saturated heterocycles. The quantitative estimate of drug-likeness (QED) is 0.551. The summed E-state index contributed by atoms with van der Waals surface area (Å²) in [5.74, 6) is 1.73. The van der Waals surface area contributed by atoms with Gasteiger partial charge < -0.3 is 15.5 Å². The van der Waals surface area contributed by atoms with Crippen molar-refractivity contribution >= 4 is 21.7 Å². The third-order valence-electron chi connectivity index (χ3n) is 5.52. The Hall–Kier alpha value is -1.31. The molecule has 2 N–H and O–H groups in total. The molecule has 0 aromatic heterocycles. The minimum atomic E-state index is -2.86. The molecule has 0 aliphatic carbocycles. The van der Waals surface area contributed by atoms with Gasteiger partial charge in [0.2, 0.25) is 5.91 Å². The molecule has 25 heavy (non-hydrogen) atoms. The van der Waals surface area contributed by atoms with Crippen molar-refractivity contribution in [1.29, 1.82) is 0 Å². The zero-order chi connectivity index (χ0) is 17.9. The van der Waals surface area contributed by atoms with Crippen LogP contribution in [0.1, 0.15) is 39.0 Å². The maximum absolute atomic E-state index is 11.7. The standard InChI is InChI=1S/C17H30N4O3S/c1-2-6-18-16(19-10-14-4-8-25(23,24)11-14)21-7-3-5-17(13-21)9-15(22)20-12-17/h14H,2-13H2,1H3,(H,18,19)(H,20,22). The topological polar surface area (TPSA) is 90.9 Å². The molecule has 1 spiro atoms. The van der Waals surface area contributed by atoms with E-state index in [1.165, 1.54) is 0 Å². The van der Waals surface area contributed by atoms with Gasteiger partial charge in [0, 0.05) is 44.6 Å². The third-order valence-corrected chi connectivity index (χ3v) is 7.35. The number of carbonyl (C=O) groups excluding carboxylic acids is 1. The number of carbonyl (C=O) groups is 1. The molecule has 0 aromatic carbocycles. The fourth-order valence-corrected chi connectivity index (χ4v) is 6.01. The highest BCUT2D eigenvalue weighted by Crippen LogP contribution is 2.36. The number of sulfone groups is 1. The van der Waals surface area contributed by atoms with Gasteiger partial charge in [0.1, 0.15) is 0 Å². The molecule has 3 heterocycles. The molecule has 3 aliphatic heterocycles. The maximum Gasteiger partial charge on any atom is 0.220 e. The number of rotatable bonds is 4. The molecule has 142 valence electrons. The van der Waals surface area contributed by atoms with Gasteiger partial charge in [-0.25, -0.2) is 8.42 Å². The van der Waals surface area contributed by atoms with Crippen LogP contribution in [-0.2, 0) is 14.6 Å². The first-order valence-corrected chi connectivity index (χ1v) is 11.2. The molecule has 7 nitrogen and oxygen atoms in total. The van der Waals surface area contributed by atoms with Crippen LogP contribution in [0.5, 0.6) is 0 Å². The summed E-state index contributed by atoms with van der Waals surface area (Å²) >= 11 is 0. The SMILES string of the molecule is CCCNC(=NCC1CCS(=O)(=O)C1)N1CCCC2(CNC(=O)C2)C1. The average Bonchev–Trinajstić information content (AvgIpc) is 3.10. The largest absolute Gasteiger partial charge is 0.356 e. The number of likely N-dealkylation sites (tertiary alicyclic amines) is 1. The Kier molecular flexibility index (Phi) is 5.55. The van der Waals surface area contributed by atoms with Crippen LogP contribution in [0.3, 0.4) is 0 Å². The summed E-state index contributed by atoms with van der Waals surface area (Å²) < 4.78 is 23.3. The number of nitrogens with one attached hydrogen (secondary N) is 2. The maximum atomic E-state index is 11.7. The van der Waals surface area contributed by atoms with E-state index in [1.54, 1.807) is 0 Å². The lowest BCUT2D eigenvalue weighted by Crippen LogP contribution is -2.51. The van der Waals surface area contributed by atoms with Crippen molar-refractivity contribution in [2.45, 2.75) is 39.0 Å². The summed E-state index contributed by atoms with van der Waals surface area (Å²) in [4.78, 5) is 18.7. The molecule has 3 fully saturated rings. The molecule has 2 unspecified atom stereocenters. The molecule has 2 atom stereocenters. The third kappa shape index (κ3) is 4.65. The van der Waals surface area contributed by atoms with Gasteiger partial charge in [0.25, 0.3) is 0 Å². The number of amides is 1. The van der Waals surface area contributed by atoms with Crippen molar-refractivity contribution in [1.82, 2.24) is 15.5 Å². The molecule has 0 aromatic rings.